The van der Waals surface area contributed by atoms with Crippen molar-refractivity contribution in [2.75, 3.05) is 18.9 Å². The van der Waals surface area contributed by atoms with E-state index in [1.54, 1.807) is 6.20 Å². The number of hydrogen-bond acceptors (Lipinski definition) is 4. The summed E-state index contributed by atoms with van der Waals surface area (Å²) in [6.45, 7) is 1.59. The Morgan fingerprint density at radius 2 is 2.14 bits per heavy atom. The van der Waals surface area contributed by atoms with E-state index < -0.39 is 0 Å². The van der Waals surface area contributed by atoms with E-state index in [9.17, 15) is 0 Å². The van der Waals surface area contributed by atoms with E-state index in [2.05, 4.69) is 25.9 Å². The van der Waals surface area contributed by atoms with E-state index >= 15 is 0 Å². The zero-order chi connectivity index (χ0) is 9.97. The molecular weight excluding hydrogens is 246 g/mol. The number of halogens is 1. The molecule has 2 heterocycles. The third-order valence-corrected chi connectivity index (χ3v) is 2.99. The number of nitrogens with two attached hydrogens (primary N) is 1. The summed E-state index contributed by atoms with van der Waals surface area (Å²) >= 11 is 3.28. The van der Waals surface area contributed by atoms with Crippen LogP contribution in [0.4, 0.5) is 5.82 Å². The lowest BCUT2D eigenvalue weighted by Crippen LogP contribution is -2.16. The second-order valence-electron chi connectivity index (χ2n) is 3.35. The Morgan fingerprint density at radius 3 is 2.79 bits per heavy atom. The average Bonchev–Trinajstić information content (AvgIpc) is 2.23. The summed E-state index contributed by atoms with van der Waals surface area (Å²) in [5, 5.41) is 0. The maximum Gasteiger partial charge on any atom is 0.141 e. The standard InChI is InChI=1S/C9H12BrN3O/c10-7-5-12-9(13-8(7)11)6-1-3-14-4-2-6/h5-6H,1-4H2,(H2,11,12,13). The van der Waals surface area contributed by atoms with Gasteiger partial charge < -0.3 is 10.5 Å². The molecule has 0 aliphatic carbocycles. The first-order valence-electron chi connectivity index (χ1n) is 4.63. The van der Waals surface area contributed by atoms with E-state index in [4.69, 9.17) is 10.5 Å². The highest BCUT2D eigenvalue weighted by Crippen LogP contribution is 2.26. The van der Waals surface area contributed by atoms with Crippen LogP contribution < -0.4 is 5.73 Å². The van der Waals surface area contributed by atoms with Crippen LogP contribution in [-0.4, -0.2) is 23.2 Å². The Bertz CT molecular complexity index is 326. The minimum atomic E-state index is 0.402. The van der Waals surface area contributed by atoms with Crippen LogP contribution >= 0.6 is 15.9 Å². The predicted molar refractivity (Wildman–Crippen MR) is 56.9 cm³/mol. The SMILES string of the molecule is Nc1nc(C2CCOCC2)ncc1Br. The zero-order valence-electron chi connectivity index (χ0n) is 7.74. The predicted octanol–water partition coefficient (Wildman–Crippen LogP) is 1.72. The van der Waals surface area contributed by atoms with Gasteiger partial charge in [-0.2, -0.15) is 0 Å². The molecule has 1 aromatic rings. The molecular formula is C9H12BrN3O. The van der Waals surface area contributed by atoms with E-state index in [-0.39, 0.29) is 0 Å². The number of rotatable bonds is 1. The summed E-state index contributed by atoms with van der Waals surface area (Å²) in [7, 11) is 0. The van der Waals surface area contributed by atoms with Gasteiger partial charge in [-0.25, -0.2) is 9.97 Å². The van der Waals surface area contributed by atoms with Gasteiger partial charge >= 0.3 is 0 Å². The van der Waals surface area contributed by atoms with Gasteiger partial charge in [-0.1, -0.05) is 0 Å². The van der Waals surface area contributed by atoms with Crippen LogP contribution in [0.2, 0.25) is 0 Å². The lowest BCUT2D eigenvalue weighted by atomic mass is 9.99. The van der Waals surface area contributed by atoms with Gasteiger partial charge in [-0.15, -0.1) is 0 Å². The molecule has 1 aliphatic rings. The Kier molecular flexibility index (Phi) is 2.98. The number of nitrogen functional groups attached to an aromatic ring is 1. The van der Waals surface area contributed by atoms with Crippen LogP contribution in [0.1, 0.15) is 24.6 Å². The number of anilines is 1. The Hall–Kier alpha value is -0.680. The highest BCUT2D eigenvalue weighted by Gasteiger charge is 2.18. The number of aromatic nitrogens is 2. The molecule has 2 N–H and O–H groups in total. The minimum absolute atomic E-state index is 0.402. The van der Waals surface area contributed by atoms with Gasteiger partial charge in [0.2, 0.25) is 0 Å². The second-order valence-corrected chi connectivity index (χ2v) is 4.20. The quantitative estimate of drug-likeness (QED) is 0.833. The van der Waals surface area contributed by atoms with Crippen molar-refractivity contribution >= 4 is 21.7 Å². The van der Waals surface area contributed by atoms with Crippen molar-refractivity contribution in [3.8, 4) is 0 Å². The maximum atomic E-state index is 5.70. The Balaban J connectivity index is 2.18. The third kappa shape index (κ3) is 2.04. The number of nitrogens with zero attached hydrogens (tertiary/aromatic N) is 2. The second kappa shape index (κ2) is 4.23. The zero-order valence-corrected chi connectivity index (χ0v) is 9.33. The van der Waals surface area contributed by atoms with Crippen molar-refractivity contribution in [2.24, 2.45) is 0 Å². The molecule has 1 aliphatic heterocycles. The van der Waals surface area contributed by atoms with Crippen molar-refractivity contribution in [1.29, 1.82) is 0 Å². The van der Waals surface area contributed by atoms with E-state index in [1.165, 1.54) is 0 Å². The molecule has 0 saturated carbocycles. The monoisotopic (exact) mass is 257 g/mol. The first-order valence-corrected chi connectivity index (χ1v) is 5.42. The van der Waals surface area contributed by atoms with Crippen LogP contribution in [0.15, 0.2) is 10.7 Å². The van der Waals surface area contributed by atoms with Crippen LogP contribution in [0, 0.1) is 0 Å². The largest absolute Gasteiger partial charge is 0.383 e. The smallest absolute Gasteiger partial charge is 0.141 e. The van der Waals surface area contributed by atoms with Crippen LogP contribution in [0.5, 0.6) is 0 Å². The first kappa shape index (κ1) is 9.86. The van der Waals surface area contributed by atoms with Gasteiger partial charge in [0.15, 0.2) is 0 Å². The molecule has 2 rings (SSSR count). The van der Waals surface area contributed by atoms with Gasteiger partial charge in [-0.3, -0.25) is 0 Å². The van der Waals surface area contributed by atoms with Crippen LogP contribution in [-0.2, 0) is 4.74 Å². The van der Waals surface area contributed by atoms with E-state index in [1.807, 2.05) is 0 Å². The molecule has 1 saturated heterocycles. The first-order chi connectivity index (χ1) is 6.77. The fraction of sp³-hybridized carbons (Fsp3) is 0.556. The fourth-order valence-corrected chi connectivity index (χ4v) is 1.74. The summed E-state index contributed by atoms with van der Waals surface area (Å²) in [5.74, 6) is 1.76. The van der Waals surface area contributed by atoms with Gasteiger partial charge in [0, 0.05) is 25.3 Å². The van der Waals surface area contributed by atoms with Crippen LogP contribution in [0.25, 0.3) is 0 Å². The maximum absolute atomic E-state index is 5.70. The molecule has 1 aromatic heterocycles. The molecule has 1 fully saturated rings. The molecule has 4 nitrogen and oxygen atoms in total. The fourth-order valence-electron chi connectivity index (χ4n) is 1.55. The topological polar surface area (TPSA) is 61.0 Å². The van der Waals surface area contributed by atoms with Crippen molar-refractivity contribution < 1.29 is 4.74 Å². The van der Waals surface area contributed by atoms with Gasteiger partial charge in [0.25, 0.3) is 0 Å². The summed E-state index contributed by atoms with van der Waals surface area (Å²) in [6, 6.07) is 0. The number of hydrogen-bond donors (Lipinski definition) is 1. The molecule has 0 spiro atoms. The lowest BCUT2D eigenvalue weighted by molar-refractivity contribution is 0.0836. The average molecular weight is 258 g/mol. The van der Waals surface area contributed by atoms with E-state index in [0.717, 1.165) is 36.4 Å². The molecule has 5 heteroatoms. The molecule has 0 bridgehead atoms. The van der Waals surface area contributed by atoms with Crippen LogP contribution in [0.3, 0.4) is 0 Å². The summed E-state index contributed by atoms with van der Waals surface area (Å²) in [5.41, 5.74) is 5.70. The van der Waals surface area contributed by atoms with Crippen molar-refractivity contribution in [2.45, 2.75) is 18.8 Å². The highest BCUT2D eigenvalue weighted by molar-refractivity contribution is 9.10. The van der Waals surface area contributed by atoms with Crippen molar-refractivity contribution in [3.63, 3.8) is 0 Å². The van der Waals surface area contributed by atoms with Crippen molar-refractivity contribution in [3.05, 3.63) is 16.5 Å². The molecule has 0 atom stereocenters. The molecule has 76 valence electrons. The van der Waals surface area contributed by atoms with Gasteiger partial charge in [0.1, 0.15) is 11.6 Å². The highest BCUT2D eigenvalue weighted by atomic mass is 79.9. The lowest BCUT2D eigenvalue weighted by Gasteiger charge is -2.20. The summed E-state index contributed by atoms with van der Waals surface area (Å²) in [6.07, 6.45) is 3.69. The molecule has 0 aromatic carbocycles. The third-order valence-electron chi connectivity index (χ3n) is 2.38. The summed E-state index contributed by atoms with van der Waals surface area (Å²) in [4.78, 5) is 8.53. The molecule has 0 radical (unpaired) electrons. The van der Waals surface area contributed by atoms with Gasteiger partial charge in [-0.05, 0) is 28.8 Å². The summed E-state index contributed by atoms with van der Waals surface area (Å²) < 4.78 is 6.04. The molecule has 14 heavy (non-hydrogen) atoms. The van der Waals surface area contributed by atoms with E-state index in [0.29, 0.717) is 11.7 Å². The Morgan fingerprint density at radius 1 is 1.43 bits per heavy atom. The van der Waals surface area contributed by atoms with Gasteiger partial charge in [0.05, 0.1) is 4.47 Å². The number of ether oxygens (including phenoxy) is 1. The molecule has 0 unspecified atom stereocenters. The minimum Gasteiger partial charge on any atom is -0.383 e. The molecule has 0 amide bonds. The Labute approximate surface area is 91.0 Å². The van der Waals surface area contributed by atoms with Crippen molar-refractivity contribution in [1.82, 2.24) is 9.97 Å². The normalized spacial score (nSPS) is 18.4.